The number of nitrogens with one attached hydrogen (secondary N) is 1. The van der Waals surface area contributed by atoms with Crippen molar-refractivity contribution in [3.63, 3.8) is 0 Å². The van der Waals surface area contributed by atoms with Crippen LogP contribution in [0.25, 0.3) is 0 Å². The maximum atomic E-state index is 11.6. The van der Waals surface area contributed by atoms with Crippen LogP contribution in [0.5, 0.6) is 0 Å². The molecule has 0 bridgehead atoms. The van der Waals surface area contributed by atoms with E-state index in [0.717, 1.165) is 17.7 Å². The minimum absolute atomic E-state index is 0. The third-order valence-corrected chi connectivity index (χ3v) is 4.80. The summed E-state index contributed by atoms with van der Waals surface area (Å²) >= 11 is 0. The van der Waals surface area contributed by atoms with Gasteiger partial charge in [0.2, 0.25) is 0 Å². The Kier molecular flexibility index (Phi) is 5.79. The zero-order chi connectivity index (χ0) is 14.7. The number of rotatable bonds is 5. The van der Waals surface area contributed by atoms with Gasteiger partial charge < -0.3 is 27.0 Å². The van der Waals surface area contributed by atoms with Gasteiger partial charge >= 0.3 is 0 Å². The fourth-order valence-corrected chi connectivity index (χ4v) is 3.33. The minimum Gasteiger partial charge on any atom is -1.00 e. The monoisotopic (exact) mass is 361 g/mol. The highest BCUT2D eigenvalue weighted by Crippen LogP contribution is 2.36. The summed E-state index contributed by atoms with van der Waals surface area (Å²) in [5.74, 6) is 0.178. The molecular formula is C19H24BrNO. The summed E-state index contributed by atoms with van der Waals surface area (Å²) in [5, 5.41) is 11.6. The number of quaternary nitrogens is 1. The molecule has 22 heavy (non-hydrogen) atoms. The lowest BCUT2D eigenvalue weighted by molar-refractivity contribution is -0.942. The molecule has 1 aliphatic rings. The topological polar surface area (TPSA) is 24.7 Å². The first-order chi connectivity index (χ1) is 10.2. The van der Waals surface area contributed by atoms with Gasteiger partial charge in [-0.1, -0.05) is 67.6 Å². The summed E-state index contributed by atoms with van der Waals surface area (Å²) in [6.07, 6.45) is 1.32. The van der Waals surface area contributed by atoms with Gasteiger partial charge in [-0.15, -0.1) is 0 Å². The molecule has 1 fully saturated rings. The van der Waals surface area contributed by atoms with Gasteiger partial charge in [0.15, 0.2) is 0 Å². The number of hydrogen-bond donors (Lipinski definition) is 2. The van der Waals surface area contributed by atoms with E-state index >= 15 is 0 Å². The zero-order valence-corrected chi connectivity index (χ0v) is 14.6. The molecule has 2 N–H and O–H groups in total. The second kappa shape index (κ2) is 7.40. The van der Waals surface area contributed by atoms with Crippen LogP contribution < -0.4 is 21.9 Å². The van der Waals surface area contributed by atoms with Gasteiger partial charge in [0.1, 0.15) is 5.60 Å². The van der Waals surface area contributed by atoms with Crippen molar-refractivity contribution in [3.05, 3.63) is 71.8 Å². The molecule has 2 nitrogen and oxygen atoms in total. The number of hydrogen-bond acceptors (Lipinski definition) is 1. The standard InChI is InChI=1S/C19H23NO.BrH/c1-16(15-20-13-8-14-20)19(21,17-9-4-2-5-10-17)18-11-6-3-7-12-18;/h2-7,9-12,16,21H,8,13-15H2,1H3;1H. The average molecular weight is 362 g/mol. The zero-order valence-electron chi connectivity index (χ0n) is 13.0. The first kappa shape index (κ1) is 17.2. The number of aliphatic hydroxyl groups is 1. The van der Waals surface area contributed by atoms with Crippen LogP contribution >= 0.6 is 0 Å². The van der Waals surface area contributed by atoms with E-state index in [1.54, 1.807) is 4.90 Å². The van der Waals surface area contributed by atoms with Crippen LogP contribution in [0.4, 0.5) is 0 Å². The number of benzene rings is 2. The van der Waals surface area contributed by atoms with Crippen LogP contribution in [0, 0.1) is 5.92 Å². The molecule has 0 amide bonds. The molecule has 1 aliphatic heterocycles. The summed E-state index contributed by atoms with van der Waals surface area (Å²) in [6, 6.07) is 20.2. The highest BCUT2D eigenvalue weighted by atomic mass is 79.9. The Morgan fingerprint density at radius 2 is 1.41 bits per heavy atom. The van der Waals surface area contributed by atoms with E-state index in [0.29, 0.717) is 0 Å². The third kappa shape index (κ3) is 3.27. The van der Waals surface area contributed by atoms with Gasteiger partial charge in [0, 0.05) is 12.3 Å². The first-order valence-electron chi connectivity index (χ1n) is 7.88. The predicted octanol–water partition coefficient (Wildman–Crippen LogP) is -1.15. The van der Waals surface area contributed by atoms with E-state index in [2.05, 4.69) is 6.92 Å². The maximum Gasteiger partial charge on any atom is 0.122 e. The fourth-order valence-electron chi connectivity index (χ4n) is 3.33. The van der Waals surface area contributed by atoms with Gasteiger partial charge in [0.05, 0.1) is 19.6 Å². The van der Waals surface area contributed by atoms with E-state index in [1.807, 2.05) is 60.7 Å². The van der Waals surface area contributed by atoms with Crippen LogP contribution in [-0.4, -0.2) is 24.7 Å². The minimum atomic E-state index is -0.912. The summed E-state index contributed by atoms with van der Waals surface area (Å²) in [7, 11) is 0. The molecule has 0 aromatic heterocycles. The lowest BCUT2D eigenvalue weighted by Crippen LogP contribution is -3.18. The molecule has 2 aromatic rings. The molecule has 0 radical (unpaired) electrons. The largest absolute Gasteiger partial charge is 1.00 e. The lowest BCUT2D eigenvalue weighted by atomic mass is 9.76. The number of halogens is 1. The van der Waals surface area contributed by atoms with Crippen LogP contribution in [0.1, 0.15) is 24.5 Å². The van der Waals surface area contributed by atoms with Crippen molar-refractivity contribution in [2.45, 2.75) is 18.9 Å². The Morgan fingerprint density at radius 1 is 0.955 bits per heavy atom. The Bertz CT molecular complexity index is 529. The van der Waals surface area contributed by atoms with E-state index in [9.17, 15) is 5.11 Å². The van der Waals surface area contributed by atoms with E-state index in [1.165, 1.54) is 19.5 Å². The molecule has 0 aliphatic carbocycles. The molecule has 1 unspecified atom stereocenters. The maximum absolute atomic E-state index is 11.6. The summed E-state index contributed by atoms with van der Waals surface area (Å²) in [6.45, 7) is 5.67. The quantitative estimate of drug-likeness (QED) is 0.690. The summed E-state index contributed by atoms with van der Waals surface area (Å²) in [4.78, 5) is 1.60. The second-order valence-corrected chi connectivity index (χ2v) is 6.21. The van der Waals surface area contributed by atoms with Crippen LogP contribution in [0.15, 0.2) is 60.7 Å². The smallest absolute Gasteiger partial charge is 0.122 e. The summed E-state index contributed by atoms with van der Waals surface area (Å²) in [5.41, 5.74) is 1.07. The van der Waals surface area contributed by atoms with Crippen molar-refractivity contribution < 1.29 is 27.0 Å². The SMILES string of the molecule is CC(C[NH+]1CCC1)C(O)(c1ccccc1)c1ccccc1.[Br-]. The molecule has 1 saturated heterocycles. The van der Waals surface area contributed by atoms with Gasteiger partial charge in [-0.3, -0.25) is 0 Å². The Balaban J connectivity index is 0.00000176. The summed E-state index contributed by atoms with van der Waals surface area (Å²) < 4.78 is 0. The van der Waals surface area contributed by atoms with Gasteiger partial charge in [-0.25, -0.2) is 0 Å². The predicted molar refractivity (Wildman–Crippen MR) is 85.2 cm³/mol. The van der Waals surface area contributed by atoms with Crippen LogP contribution in [0.3, 0.4) is 0 Å². The van der Waals surface area contributed by atoms with Gasteiger partial charge in [0.25, 0.3) is 0 Å². The molecule has 2 aromatic carbocycles. The van der Waals surface area contributed by atoms with Crippen molar-refractivity contribution >= 4 is 0 Å². The number of likely N-dealkylation sites (tertiary alicyclic amines) is 1. The molecule has 3 rings (SSSR count). The lowest BCUT2D eigenvalue weighted by Gasteiger charge is -2.38. The molecule has 3 heteroatoms. The van der Waals surface area contributed by atoms with Gasteiger partial charge in [-0.05, 0) is 11.1 Å². The molecule has 0 saturated carbocycles. The molecule has 118 valence electrons. The first-order valence-corrected chi connectivity index (χ1v) is 7.88. The van der Waals surface area contributed by atoms with Crippen LogP contribution in [0.2, 0.25) is 0 Å². The van der Waals surface area contributed by atoms with Gasteiger partial charge in [-0.2, -0.15) is 0 Å². The Hall–Kier alpha value is -1.16. The highest BCUT2D eigenvalue weighted by molar-refractivity contribution is 5.36. The molecule has 1 heterocycles. The van der Waals surface area contributed by atoms with Crippen molar-refractivity contribution in [1.29, 1.82) is 0 Å². The van der Waals surface area contributed by atoms with E-state index in [-0.39, 0.29) is 22.9 Å². The van der Waals surface area contributed by atoms with Crippen molar-refractivity contribution in [2.24, 2.45) is 5.92 Å². The average Bonchev–Trinajstić information content (AvgIpc) is 2.51. The molecule has 0 spiro atoms. The fraction of sp³-hybridized carbons (Fsp3) is 0.368. The highest BCUT2D eigenvalue weighted by Gasteiger charge is 2.40. The normalized spacial score (nSPS) is 16.5. The Morgan fingerprint density at radius 3 is 1.77 bits per heavy atom. The Labute approximate surface area is 143 Å². The second-order valence-electron chi connectivity index (χ2n) is 6.21. The van der Waals surface area contributed by atoms with Crippen molar-refractivity contribution in [2.75, 3.05) is 19.6 Å². The third-order valence-electron chi connectivity index (χ3n) is 4.80. The molecule has 1 atom stereocenters. The van der Waals surface area contributed by atoms with Crippen molar-refractivity contribution in [3.8, 4) is 0 Å². The van der Waals surface area contributed by atoms with Crippen molar-refractivity contribution in [1.82, 2.24) is 0 Å². The molecular weight excluding hydrogens is 338 g/mol. The van der Waals surface area contributed by atoms with E-state index in [4.69, 9.17) is 0 Å². The van der Waals surface area contributed by atoms with E-state index < -0.39 is 5.60 Å². The van der Waals surface area contributed by atoms with Crippen LogP contribution in [-0.2, 0) is 5.60 Å².